The van der Waals surface area contributed by atoms with E-state index in [0.717, 1.165) is 37.8 Å². The molecule has 0 unspecified atom stereocenters. The standard InChI is InChI=1S/C28H45N3O/c1-28(2)12-8-23(9-13-28)26-20-24(30-14-10-25(32-3)11-15-30)6-7-27(26)31-18-16-29(17-19-31)21-22-4-5-22/h6-7,20,22-23,25H,4-5,8-19,21H2,1-3H3. The first-order chi connectivity index (χ1) is 15.5. The normalized spacial score (nSPS) is 26.0. The molecular formula is C28H45N3O. The van der Waals surface area contributed by atoms with Crippen LogP contribution in [0.15, 0.2) is 18.2 Å². The largest absolute Gasteiger partial charge is 0.381 e. The van der Waals surface area contributed by atoms with Gasteiger partial charge in [0.15, 0.2) is 0 Å². The number of benzene rings is 1. The average Bonchev–Trinajstić information content (AvgIpc) is 3.63. The summed E-state index contributed by atoms with van der Waals surface area (Å²) in [5.41, 5.74) is 5.14. The van der Waals surface area contributed by atoms with Gasteiger partial charge in [0, 0.05) is 64.3 Å². The number of ether oxygens (including phenoxy) is 1. The van der Waals surface area contributed by atoms with Crippen LogP contribution in [0.1, 0.15) is 76.7 Å². The van der Waals surface area contributed by atoms with E-state index >= 15 is 0 Å². The van der Waals surface area contributed by atoms with Crippen LogP contribution in [0.2, 0.25) is 0 Å². The molecule has 2 aliphatic carbocycles. The number of hydrogen-bond donors (Lipinski definition) is 0. The lowest BCUT2D eigenvalue weighted by atomic mass is 9.71. The van der Waals surface area contributed by atoms with Gasteiger partial charge in [0.05, 0.1) is 6.10 Å². The molecule has 4 nitrogen and oxygen atoms in total. The van der Waals surface area contributed by atoms with Crippen molar-refractivity contribution in [1.29, 1.82) is 0 Å². The Morgan fingerprint density at radius 3 is 2.16 bits per heavy atom. The lowest BCUT2D eigenvalue weighted by Crippen LogP contribution is -2.47. The highest BCUT2D eigenvalue weighted by Crippen LogP contribution is 2.46. The molecule has 178 valence electrons. The molecule has 0 bridgehead atoms. The van der Waals surface area contributed by atoms with Crippen molar-refractivity contribution < 1.29 is 4.74 Å². The molecule has 1 aromatic rings. The summed E-state index contributed by atoms with van der Waals surface area (Å²) in [6.45, 7) is 13.4. The molecule has 2 aliphatic heterocycles. The third kappa shape index (κ3) is 5.28. The molecule has 0 aromatic heterocycles. The van der Waals surface area contributed by atoms with Gasteiger partial charge in [-0.05, 0) is 92.4 Å². The van der Waals surface area contributed by atoms with Gasteiger partial charge in [0.25, 0.3) is 0 Å². The molecule has 32 heavy (non-hydrogen) atoms. The van der Waals surface area contributed by atoms with Gasteiger partial charge in [-0.2, -0.15) is 0 Å². The van der Waals surface area contributed by atoms with Crippen molar-refractivity contribution in [2.45, 2.75) is 77.2 Å². The fraction of sp³-hybridized carbons (Fsp3) is 0.786. The Kier molecular flexibility index (Phi) is 6.72. The molecule has 0 N–H and O–H groups in total. The molecule has 0 radical (unpaired) electrons. The van der Waals surface area contributed by atoms with Gasteiger partial charge in [-0.1, -0.05) is 13.8 Å². The first-order valence-corrected chi connectivity index (χ1v) is 13.4. The van der Waals surface area contributed by atoms with E-state index in [-0.39, 0.29) is 0 Å². The van der Waals surface area contributed by atoms with Crippen LogP contribution in [0.25, 0.3) is 0 Å². The van der Waals surface area contributed by atoms with Crippen LogP contribution in [-0.2, 0) is 4.74 Å². The summed E-state index contributed by atoms with van der Waals surface area (Å²) < 4.78 is 5.61. The maximum atomic E-state index is 5.61. The number of nitrogens with zero attached hydrogens (tertiary/aromatic N) is 3. The minimum absolute atomic E-state index is 0.442. The summed E-state index contributed by atoms with van der Waals surface area (Å²) in [5.74, 6) is 1.73. The van der Waals surface area contributed by atoms with Gasteiger partial charge in [0.2, 0.25) is 0 Å². The minimum Gasteiger partial charge on any atom is -0.381 e. The highest BCUT2D eigenvalue weighted by molar-refractivity contribution is 5.63. The SMILES string of the molecule is COC1CCN(c2ccc(N3CCN(CC4CC4)CC3)c(C3CCC(C)(C)CC3)c2)CC1. The molecule has 2 saturated heterocycles. The summed E-state index contributed by atoms with van der Waals surface area (Å²) in [6, 6.07) is 7.47. The topological polar surface area (TPSA) is 19.0 Å². The van der Waals surface area contributed by atoms with Gasteiger partial charge in [-0.25, -0.2) is 0 Å². The van der Waals surface area contributed by atoms with Gasteiger partial charge < -0.3 is 14.5 Å². The maximum Gasteiger partial charge on any atom is 0.0605 e. The number of anilines is 2. The maximum absolute atomic E-state index is 5.61. The summed E-state index contributed by atoms with van der Waals surface area (Å²) in [4.78, 5) is 8.02. The van der Waals surface area contributed by atoms with Crippen LogP contribution in [0, 0.1) is 11.3 Å². The number of piperidine rings is 1. The Labute approximate surface area is 196 Å². The highest BCUT2D eigenvalue weighted by Gasteiger charge is 2.32. The van der Waals surface area contributed by atoms with E-state index < -0.39 is 0 Å². The van der Waals surface area contributed by atoms with Gasteiger partial charge in [-0.3, -0.25) is 4.90 Å². The Balaban J connectivity index is 1.33. The molecule has 0 spiro atoms. The number of methoxy groups -OCH3 is 1. The Morgan fingerprint density at radius 2 is 1.53 bits per heavy atom. The summed E-state index contributed by atoms with van der Waals surface area (Å²) in [5, 5.41) is 0. The van der Waals surface area contributed by atoms with Crippen LogP contribution in [0.3, 0.4) is 0 Å². The van der Waals surface area contributed by atoms with Crippen LogP contribution < -0.4 is 9.80 Å². The summed E-state index contributed by atoms with van der Waals surface area (Å²) in [7, 11) is 1.86. The molecule has 5 rings (SSSR count). The second kappa shape index (κ2) is 9.54. The predicted molar refractivity (Wildman–Crippen MR) is 135 cm³/mol. The second-order valence-electron chi connectivity index (χ2n) is 11.8. The van der Waals surface area contributed by atoms with Crippen LogP contribution >= 0.6 is 0 Å². The number of rotatable bonds is 6. The van der Waals surface area contributed by atoms with Crippen molar-refractivity contribution in [3.63, 3.8) is 0 Å². The Bertz CT molecular complexity index is 748. The van der Waals surface area contributed by atoms with Crippen molar-refractivity contribution in [2.75, 3.05) is 62.7 Å². The zero-order valence-electron chi connectivity index (χ0n) is 20.8. The lowest BCUT2D eigenvalue weighted by Gasteiger charge is -2.40. The molecule has 0 amide bonds. The summed E-state index contributed by atoms with van der Waals surface area (Å²) in [6.07, 6.45) is 11.1. The molecule has 4 heteroatoms. The number of piperazine rings is 1. The third-order valence-electron chi connectivity index (χ3n) is 8.86. The van der Waals surface area contributed by atoms with Crippen molar-refractivity contribution in [3.05, 3.63) is 23.8 Å². The minimum atomic E-state index is 0.442. The monoisotopic (exact) mass is 439 g/mol. The first-order valence-electron chi connectivity index (χ1n) is 13.4. The molecular weight excluding hydrogens is 394 g/mol. The smallest absolute Gasteiger partial charge is 0.0605 e. The predicted octanol–water partition coefficient (Wildman–Crippen LogP) is 5.52. The van der Waals surface area contributed by atoms with Crippen LogP contribution in [0.4, 0.5) is 11.4 Å². The Morgan fingerprint density at radius 1 is 0.844 bits per heavy atom. The lowest BCUT2D eigenvalue weighted by molar-refractivity contribution is 0.0819. The van der Waals surface area contributed by atoms with E-state index in [1.54, 1.807) is 5.56 Å². The fourth-order valence-corrected chi connectivity index (χ4v) is 6.25. The van der Waals surface area contributed by atoms with Gasteiger partial charge >= 0.3 is 0 Å². The third-order valence-corrected chi connectivity index (χ3v) is 8.86. The molecule has 2 saturated carbocycles. The van der Waals surface area contributed by atoms with Crippen molar-refractivity contribution in [3.8, 4) is 0 Å². The average molecular weight is 440 g/mol. The molecule has 2 heterocycles. The van der Waals surface area contributed by atoms with Crippen LogP contribution in [-0.4, -0.2) is 63.9 Å². The van der Waals surface area contributed by atoms with E-state index in [1.807, 2.05) is 7.11 Å². The molecule has 0 atom stereocenters. The zero-order valence-corrected chi connectivity index (χ0v) is 20.8. The summed E-state index contributed by atoms with van der Waals surface area (Å²) >= 11 is 0. The van der Waals surface area contributed by atoms with E-state index in [4.69, 9.17) is 4.74 Å². The first kappa shape index (κ1) is 22.5. The van der Waals surface area contributed by atoms with E-state index in [9.17, 15) is 0 Å². The van der Waals surface area contributed by atoms with E-state index in [2.05, 4.69) is 46.7 Å². The molecule has 4 fully saturated rings. The highest BCUT2D eigenvalue weighted by atomic mass is 16.5. The van der Waals surface area contributed by atoms with Crippen molar-refractivity contribution in [1.82, 2.24) is 4.90 Å². The quantitative estimate of drug-likeness (QED) is 0.581. The second-order valence-corrected chi connectivity index (χ2v) is 11.8. The Hall–Kier alpha value is -1.26. The molecule has 4 aliphatic rings. The van der Waals surface area contributed by atoms with Crippen molar-refractivity contribution >= 4 is 11.4 Å². The van der Waals surface area contributed by atoms with Crippen LogP contribution in [0.5, 0.6) is 0 Å². The van der Waals surface area contributed by atoms with E-state index in [0.29, 0.717) is 11.5 Å². The van der Waals surface area contributed by atoms with E-state index in [1.165, 1.54) is 82.6 Å². The van der Waals surface area contributed by atoms with Gasteiger partial charge in [-0.15, -0.1) is 0 Å². The molecule has 1 aromatic carbocycles. The fourth-order valence-electron chi connectivity index (χ4n) is 6.25. The van der Waals surface area contributed by atoms with Gasteiger partial charge in [0.1, 0.15) is 0 Å². The zero-order chi connectivity index (χ0) is 22.1. The number of hydrogen-bond acceptors (Lipinski definition) is 4. The van der Waals surface area contributed by atoms with Crippen molar-refractivity contribution in [2.24, 2.45) is 11.3 Å².